The number of carbonyl (C=O) groups is 3. The number of nitrogens with one attached hydrogen (secondary N) is 2. The number of aliphatic carboxylic acids is 1. The number of aliphatic hydroxyl groups is 1. The van der Waals surface area contributed by atoms with Crippen molar-refractivity contribution in [3.05, 3.63) is 0 Å². The number of carboxylic acids is 1. The Morgan fingerprint density at radius 2 is 1.90 bits per heavy atom. The van der Waals surface area contributed by atoms with Crippen molar-refractivity contribution in [2.75, 3.05) is 12.3 Å². The largest absolute Gasteiger partial charge is 0.501 e. The van der Waals surface area contributed by atoms with Crippen molar-refractivity contribution in [2.24, 2.45) is 5.73 Å². The van der Waals surface area contributed by atoms with Crippen LogP contribution >= 0.6 is 24.8 Å². The second kappa shape index (κ2) is 9.50. The molecule has 0 aliphatic carbocycles. The van der Waals surface area contributed by atoms with Gasteiger partial charge in [-0.25, -0.2) is 0 Å². The molecule has 2 unspecified atom stereocenters. The molecule has 6 N–H and O–H groups in total. The summed E-state index contributed by atoms with van der Waals surface area (Å²) in [6.45, 7) is -0.539. The van der Waals surface area contributed by atoms with Gasteiger partial charge in [0.05, 0.1) is 6.04 Å². The quantitative estimate of drug-likeness (QED) is 0.226. The van der Waals surface area contributed by atoms with Crippen LogP contribution in [0.4, 0.5) is 0 Å². The molecule has 0 bridgehead atoms. The average Bonchev–Trinajstić information content (AvgIpc) is 2.38. The number of carboxylic acid groups (broad SMARTS) is 1. The van der Waals surface area contributed by atoms with E-state index in [1.807, 2.05) is 0 Å². The van der Waals surface area contributed by atoms with Gasteiger partial charge in [-0.3, -0.25) is 14.4 Å². The van der Waals surface area contributed by atoms with Gasteiger partial charge in [-0.2, -0.15) is 12.6 Å². The van der Waals surface area contributed by atoms with Crippen molar-refractivity contribution in [1.82, 2.24) is 10.6 Å². The Morgan fingerprint density at radius 3 is 2.35 bits per heavy atom. The number of amides is 2. The maximum atomic E-state index is 11.6. The van der Waals surface area contributed by atoms with Crippen molar-refractivity contribution < 1.29 is 24.6 Å². The van der Waals surface area contributed by atoms with Crippen LogP contribution in [-0.2, 0) is 14.4 Å². The molecular weight excluding hydrogens is 306 g/mol. The first-order valence-electron chi connectivity index (χ1n) is 5.66. The minimum atomic E-state index is -1.19. The topological polar surface area (TPSA) is 142 Å². The van der Waals surface area contributed by atoms with E-state index in [9.17, 15) is 14.4 Å². The summed E-state index contributed by atoms with van der Waals surface area (Å²) < 4.78 is 0. The van der Waals surface area contributed by atoms with E-state index in [1.54, 1.807) is 0 Å². The van der Waals surface area contributed by atoms with E-state index in [4.69, 9.17) is 15.9 Å². The third kappa shape index (κ3) is 7.92. The number of hydrogen-bond donors (Lipinski definition) is 6. The second-order valence-electron chi connectivity index (χ2n) is 3.90. The summed E-state index contributed by atoms with van der Waals surface area (Å²) in [5.41, 5.74) is 5.44. The molecule has 0 aliphatic heterocycles. The van der Waals surface area contributed by atoms with Gasteiger partial charge in [0.25, 0.3) is 0 Å². The molecule has 0 aromatic carbocycles. The van der Waals surface area contributed by atoms with Crippen molar-refractivity contribution in [2.45, 2.75) is 24.9 Å². The zero-order valence-electron chi connectivity index (χ0n) is 10.5. The minimum absolute atomic E-state index is 0.0155. The summed E-state index contributed by atoms with van der Waals surface area (Å²) >= 11 is 8.36. The summed E-state index contributed by atoms with van der Waals surface area (Å²) in [6, 6.07) is -1.73. The molecule has 0 saturated heterocycles. The van der Waals surface area contributed by atoms with Gasteiger partial charge >= 0.3 is 5.97 Å². The molecule has 2 amide bonds. The van der Waals surface area contributed by atoms with E-state index < -0.39 is 36.4 Å². The van der Waals surface area contributed by atoms with Crippen LogP contribution in [0.5, 0.6) is 0 Å². The van der Waals surface area contributed by atoms with Crippen LogP contribution in [0.1, 0.15) is 12.8 Å². The highest BCUT2D eigenvalue weighted by atomic mass is 32.1. The van der Waals surface area contributed by atoms with E-state index in [-0.39, 0.29) is 23.6 Å². The Labute approximate surface area is 126 Å². The highest BCUT2D eigenvalue weighted by molar-refractivity contribution is 7.80. The molecule has 0 aromatic rings. The van der Waals surface area contributed by atoms with Gasteiger partial charge in [0.15, 0.2) is 5.05 Å². The van der Waals surface area contributed by atoms with Gasteiger partial charge in [-0.15, -0.1) is 0 Å². The summed E-state index contributed by atoms with van der Waals surface area (Å²) in [7, 11) is 0. The van der Waals surface area contributed by atoms with Gasteiger partial charge in [0.1, 0.15) is 12.6 Å². The van der Waals surface area contributed by atoms with Crippen LogP contribution in [0.2, 0.25) is 0 Å². The molecule has 0 heterocycles. The number of thiol groups is 1. The molecule has 0 aromatic heterocycles. The maximum Gasteiger partial charge on any atom is 0.322 e. The number of thiocarbonyl (C=S) groups is 1. The lowest BCUT2D eigenvalue weighted by atomic mass is 10.1. The average molecular weight is 323 g/mol. The fourth-order valence-electron chi connectivity index (χ4n) is 1.16. The number of aliphatic hydroxyl groups excluding tert-OH is 1. The number of carbonyl (C=O) groups excluding carboxylic acids is 2. The van der Waals surface area contributed by atoms with Crippen LogP contribution in [0, 0.1) is 0 Å². The van der Waals surface area contributed by atoms with Crippen LogP contribution < -0.4 is 16.4 Å². The Kier molecular flexibility index (Phi) is 8.84. The lowest BCUT2D eigenvalue weighted by Crippen LogP contribution is -2.49. The second-order valence-corrected chi connectivity index (χ2v) is 4.68. The SMILES string of the molecule is NC(CCC(=O)NC(CS)C(=O)NCC(=O)O)C(O)=S. The molecule has 20 heavy (non-hydrogen) atoms. The fourth-order valence-corrected chi connectivity index (χ4v) is 1.53. The standard InChI is InChI=1S/C10H17N3O5S2/c11-5(10(18)20)1-2-7(14)13-6(4-19)9(17)12-3-8(15)16/h5-6,19H,1-4,11H2,(H,12,17)(H,13,14)(H,15,16)(H,18,20). The molecule has 0 spiro atoms. The molecule has 0 fully saturated rings. The van der Waals surface area contributed by atoms with Crippen LogP contribution in [-0.4, -0.2) is 57.4 Å². The van der Waals surface area contributed by atoms with E-state index >= 15 is 0 Å². The predicted molar refractivity (Wildman–Crippen MR) is 78.9 cm³/mol. The number of hydrogen-bond acceptors (Lipinski definition) is 6. The summed E-state index contributed by atoms with van der Waals surface area (Å²) in [4.78, 5) is 33.4. The molecule has 0 rings (SSSR count). The van der Waals surface area contributed by atoms with Crippen molar-refractivity contribution >= 4 is 47.7 Å². The molecule has 2 atom stereocenters. The highest BCUT2D eigenvalue weighted by Gasteiger charge is 2.20. The van der Waals surface area contributed by atoms with Crippen LogP contribution in [0.3, 0.4) is 0 Å². The molecule has 0 radical (unpaired) electrons. The summed E-state index contributed by atoms with van der Waals surface area (Å²) in [5, 5.41) is 21.5. The maximum absolute atomic E-state index is 11.6. The normalized spacial score (nSPS) is 13.1. The van der Waals surface area contributed by atoms with Crippen molar-refractivity contribution in [1.29, 1.82) is 0 Å². The Hall–Kier alpha value is -1.39. The Balaban J connectivity index is 4.21. The third-order valence-electron chi connectivity index (χ3n) is 2.25. The first kappa shape index (κ1) is 18.6. The molecule has 0 saturated carbocycles. The van der Waals surface area contributed by atoms with Crippen molar-refractivity contribution in [3.8, 4) is 0 Å². The van der Waals surface area contributed by atoms with E-state index in [0.717, 1.165) is 0 Å². The highest BCUT2D eigenvalue weighted by Crippen LogP contribution is 1.98. The Morgan fingerprint density at radius 1 is 1.30 bits per heavy atom. The van der Waals surface area contributed by atoms with E-state index in [1.165, 1.54) is 0 Å². The zero-order chi connectivity index (χ0) is 15.7. The van der Waals surface area contributed by atoms with E-state index in [0.29, 0.717) is 0 Å². The Bertz CT molecular complexity index is 391. The molecule has 8 nitrogen and oxygen atoms in total. The van der Waals surface area contributed by atoms with Gasteiger partial charge in [-0.1, -0.05) is 0 Å². The molecular formula is C10H17N3O5S2. The van der Waals surface area contributed by atoms with Gasteiger partial charge in [0.2, 0.25) is 11.8 Å². The monoisotopic (exact) mass is 323 g/mol. The zero-order valence-corrected chi connectivity index (χ0v) is 12.2. The predicted octanol–water partition coefficient (Wildman–Crippen LogP) is -1.41. The van der Waals surface area contributed by atoms with Gasteiger partial charge in [-0.05, 0) is 18.6 Å². The van der Waals surface area contributed by atoms with Crippen molar-refractivity contribution in [3.63, 3.8) is 0 Å². The first-order chi connectivity index (χ1) is 9.27. The number of rotatable bonds is 9. The fraction of sp³-hybridized carbons (Fsp3) is 0.600. The van der Waals surface area contributed by atoms with Crippen LogP contribution in [0.25, 0.3) is 0 Å². The smallest absolute Gasteiger partial charge is 0.322 e. The molecule has 10 heteroatoms. The first-order valence-corrected chi connectivity index (χ1v) is 6.70. The summed E-state index contributed by atoms with van der Waals surface area (Å²) in [5.74, 6) is -2.29. The van der Waals surface area contributed by atoms with Gasteiger partial charge < -0.3 is 26.6 Å². The lowest BCUT2D eigenvalue weighted by molar-refractivity contribution is -0.138. The lowest BCUT2D eigenvalue weighted by Gasteiger charge is -2.16. The molecule has 114 valence electrons. The molecule has 0 aliphatic rings. The minimum Gasteiger partial charge on any atom is -0.501 e. The van der Waals surface area contributed by atoms with Crippen LogP contribution in [0.15, 0.2) is 0 Å². The van der Waals surface area contributed by atoms with Gasteiger partial charge in [0, 0.05) is 12.2 Å². The summed E-state index contributed by atoms with van der Waals surface area (Å²) in [6.07, 6.45) is 0.107. The number of nitrogens with two attached hydrogens (primary N) is 1. The van der Waals surface area contributed by atoms with E-state index in [2.05, 4.69) is 35.5 Å². The third-order valence-corrected chi connectivity index (χ3v) is 2.92.